The average Bonchev–Trinajstić information content (AvgIpc) is 3.22. The molecule has 1 N–H and O–H groups in total. The van der Waals surface area contributed by atoms with Gasteiger partial charge in [0, 0.05) is 24.3 Å². The molecule has 6 aromatic carbocycles. The van der Waals surface area contributed by atoms with E-state index in [2.05, 4.69) is 115 Å². The number of phenols is 1. The Balaban J connectivity index is 0.00000104. The molecule has 354 valence electrons. The van der Waals surface area contributed by atoms with Gasteiger partial charge in [-0.05, 0) is 173 Å². The number of halogens is 5. The standard InChI is InChI=1S/C27H32IO3.C17H19FI.C10H14O3.2ClH.Na.H/c1-7-29-20(3)30-23-12-14-24(15-13-23)31-25-16-17-26(19(2)18-25)28-22-10-8-21(9-11-22)27(4,5)6;1-12-11-14(18)7-10-16(12)19-15-8-5-13(6-9-15)17(2,3)4;1-3-12-8(2)13-10-6-4-9(11)5-7-10;;;;/h8-18,20H,7H2,1-6H3;5-11H,1-4H3;4-8,11H,3H2,1-2H3;2*1H;;/q2*+1;;;;+1;-1/p-2. The normalized spacial score (nSPS) is 11.7. The van der Waals surface area contributed by atoms with Gasteiger partial charge in [0.05, 0.1) is 0 Å². The summed E-state index contributed by atoms with van der Waals surface area (Å²) in [6, 6.07) is 43.7. The van der Waals surface area contributed by atoms with Gasteiger partial charge in [0.25, 0.3) is 0 Å². The van der Waals surface area contributed by atoms with E-state index in [0.29, 0.717) is 19.0 Å². The molecule has 2 unspecified atom stereocenters. The smallest absolute Gasteiger partial charge is 1.00 e. The second kappa shape index (κ2) is 30.1. The van der Waals surface area contributed by atoms with Crippen molar-refractivity contribution in [3.63, 3.8) is 0 Å². The number of benzene rings is 6. The fraction of sp³-hybridized carbons (Fsp3) is 0.333. The molecule has 66 heavy (non-hydrogen) atoms. The van der Waals surface area contributed by atoms with Crippen molar-refractivity contribution < 1.29 is 131 Å². The molecular formula is C54H66Cl2FI2NaO6. The third-order valence-electron chi connectivity index (χ3n) is 9.39. The first kappa shape index (κ1) is 61.4. The third kappa shape index (κ3) is 21.8. The number of phenolic OH excluding ortho intramolecular Hbond substituents is 1. The number of ether oxygens (including phenoxy) is 5. The molecular weight excluding hydrogens is 1110 g/mol. The molecule has 0 aromatic heterocycles. The second-order valence-corrected chi connectivity index (χ2v) is 22.8. The van der Waals surface area contributed by atoms with Gasteiger partial charge < -0.3 is 55.0 Å². The van der Waals surface area contributed by atoms with E-state index < -0.39 is 0 Å². The van der Waals surface area contributed by atoms with Crippen molar-refractivity contribution in [1.82, 2.24) is 0 Å². The third-order valence-corrected chi connectivity index (χ3v) is 15.7. The molecule has 0 aliphatic heterocycles. The fourth-order valence-electron chi connectivity index (χ4n) is 5.93. The largest absolute Gasteiger partial charge is 1.00 e. The maximum Gasteiger partial charge on any atom is 1.00 e. The minimum absolute atomic E-state index is 0. The summed E-state index contributed by atoms with van der Waals surface area (Å²) in [5, 5.41) is 9.01. The maximum absolute atomic E-state index is 13.1. The zero-order chi connectivity index (χ0) is 46.2. The van der Waals surface area contributed by atoms with Crippen LogP contribution in [0.4, 0.5) is 4.39 Å². The van der Waals surface area contributed by atoms with Crippen molar-refractivity contribution in [2.45, 2.75) is 106 Å². The number of aromatic hydroxyl groups is 1. The summed E-state index contributed by atoms with van der Waals surface area (Å²) in [6.45, 7) is 26.4. The van der Waals surface area contributed by atoms with E-state index in [9.17, 15) is 4.39 Å². The molecule has 0 aliphatic carbocycles. The van der Waals surface area contributed by atoms with E-state index in [1.165, 1.54) is 31.0 Å². The topological polar surface area (TPSA) is 66.4 Å². The van der Waals surface area contributed by atoms with Crippen LogP contribution in [0.2, 0.25) is 0 Å². The summed E-state index contributed by atoms with van der Waals surface area (Å²) in [5.41, 5.74) is 5.46. The molecule has 6 aromatic rings. The summed E-state index contributed by atoms with van der Waals surface area (Å²) in [7, 11) is 0. The van der Waals surface area contributed by atoms with Crippen molar-refractivity contribution in [2.75, 3.05) is 13.2 Å². The molecule has 12 heteroatoms. The number of aryl methyl sites for hydroxylation is 2. The molecule has 0 bridgehead atoms. The molecule has 2 atom stereocenters. The summed E-state index contributed by atoms with van der Waals surface area (Å²) in [4.78, 5) is 0. The van der Waals surface area contributed by atoms with Crippen LogP contribution in [0, 0.1) is 33.9 Å². The van der Waals surface area contributed by atoms with Crippen molar-refractivity contribution >= 4 is 0 Å². The van der Waals surface area contributed by atoms with Crippen LogP contribution in [0.25, 0.3) is 0 Å². The second-order valence-electron chi connectivity index (χ2n) is 16.9. The molecule has 6 nitrogen and oxygen atoms in total. The summed E-state index contributed by atoms with van der Waals surface area (Å²) in [5.74, 6) is 3.19. The Morgan fingerprint density at radius 3 is 1.27 bits per heavy atom. The molecule has 0 fully saturated rings. The SMILES string of the molecule is CCOC(C)Oc1ccc(O)cc1.CCOC(C)Oc1ccc(Oc2ccc([I+]c3ccc(C(C)(C)C)cc3)c(C)c2)cc1.Cc1cc(F)ccc1[I+]c1ccc(C(C)(C)C)cc1.[Cl-].[Cl-].[H-].[Na+]. The Morgan fingerprint density at radius 2 is 0.894 bits per heavy atom. The van der Waals surface area contributed by atoms with E-state index in [4.69, 9.17) is 28.8 Å². The Bertz CT molecular complexity index is 2290. The van der Waals surface area contributed by atoms with Crippen LogP contribution in [0.1, 0.15) is 92.9 Å². The van der Waals surface area contributed by atoms with Crippen molar-refractivity contribution in [3.05, 3.63) is 176 Å². The van der Waals surface area contributed by atoms with Crippen LogP contribution in [0.15, 0.2) is 133 Å². The molecule has 0 aliphatic rings. The van der Waals surface area contributed by atoms with Gasteiger partial charge in [0.15, 0.2) is 26.9 Å². The van der Waals surface area contributed by atoms with Gasteiger partial charge in [-0.15, -0.1) is 0 Å². The van der Waals surface area contributed by atoms with Crippen LogP contribution in [-0.2, 0) is 20.3 Å². The van der Waals surface area contributed by atoms with E-state index in [-0.39, 0.29) is 133 Å². The Kier molecular flexibility index (Phi) is 28.0. The molecule has 0 saturated heterocycles. The van der Waals surface area contributed by atoms with E-state index in [0.717, 1.165) is 22.8 Å². The minimum atomic E-state index is -0.264. The van der Waals surface area contributed by atoms with Crippen molar-refractivity contribution in [2.24, 2.45) is 0 Å². The van der Waals surface area contributed by atoms with Crippen molar-refractivity contribution in [3.8, 4) is 28.7 Å². The summed E-state index contributed by atoms with van der Waals surface area (Å²) < 4.78 is 46.3. The Labute approximate surface area is 451 Å². The fourth-order valence-corrected chi connectivity index (χ4v) is 10.6. The number of hydrogen-bond donors (Lipinski definition) is 1. The molecule has 0 spiro atoms. The monoisotopic (exact) mass is 1180 g/mol. The molecule has 0 saturated carbocycles. The van der Waals surface area contributed by atoms with Crippen LogP contribution in [0.5, 0.6) is 28.7 Å². The van der Waals surface area contributed by atoms with E-state index in [1.54, 1.807) is 36.4 Å². The summed E-state index contributed by atoms with van der Waals surface area (Å²) >= 11 is -0.438. The first-order chi connectivity index (χ1) is 29.8. The number of rotatable bonds is 14. The van der Waals surface area contributed by atoms with Gasteiger partial charge in [-0.25, -0.2) is 4.39 Å². The Hall–Kier alpha value is -2.59. The number of hydrogen-bond acceptors (Lipinski definition) is 6. The van der Waals surface area contributed by atoms with Gasteiger partial charge in [0.2, 0.25) is 0 Å². The van der Waals surface area contributed by atoms with Gasteiger partial charge in [-0.1, -0.05) is 65.8 Å². The van der Waals surface area contributed by atoms with Gasteiger partial charge >= 0.3 is 72.0 Å². The average molecular weight is 1180 g/mol. The van der Waals surface area contributed by atoms with E-state index in [1.807, 2.05) is 65.0 Å². The predicted molar refractivity (Wildman–Crippen MR) is 247 cm³/mol. The molecule has 0 amide bonds. The van der Waals surface area contributed by atoms with E-state index >= 15 is 0 Å². The van der Waals surface area contributed by atoms with Gasteiger partial charge in [-0.3, -0.25) is 0 Å². The van der Waals surface area contributed by atoms with Gasteiger partial charge in [-0.2, -0.15) is 0 Å². The summed E-state index contributed by atoms with van der Waals surface area (Å²) in [6.07, 6.45) is -0.519. The Morgan fingerprint density at radius 1 is 0.530 bits per heavy atom. The first-order valence-corrected chi connectivity index (χ1v) is 25.7. The zero-order valence-electron chi connectivity index (χ0n) is 41.6. The van der Waals surface area contributed by atoms with Gasteiger partial charge in [0.1, 0.15) is 34.6 Å². The van der Waals surface area contributed by atoms with Crippen LogP contribution in [0.3, 0.4) is 0 Å². The first-order valence-electron chi connectivity index (χ1n) is 21.3. The maximum atomic E-state index is 13.1. The quantitative estimate of drug-likeness (QED) is 0.0843. The van der Waals surface area contributed by atoms with Crippen molar-refractivity contribution in [1.29, 1.82) is 0 Å². The molecule has 0 radical (unpaired) electrons. The molecule has 6 rings (SSSR count). The predicted octanol–water partition coefficient (Wildman–Crippen LogP) is -1.19. The van der Waals surface area contributed by atoms with Crippen LogP contribution < -0.4 is 111 Å². The van der Waals surface area contributed by atoms with Crippen LogP contribution in [-0.4, -0.2) is 30.9 Å². The van der Waals surface area contributed by atoms with Crippen LogP contribution >= 0.6 is 0 Å². The molecule has 0 heterocycles. The minimum Gasteiger partial charge on any atom is -1.00 e. The zero-order valence-corrected chi connectivity index (χ0v) is 48.5.